The monoisotopic (exact) mass is 345 g/mol. The smallest absolute Gasteiger partial charge is 0.427 e. The van der Waals surface area contributed by atoms with E-state index >= 15 is 0 Å². The molecule has 0 aromatic heterocycles. The number of ether oxygens (including phenoxy) is 1. The first-order valence-electron chi connectivity index (χ1n) is 7.05. The van der Waals surface area contributed by atoms with Crippen molar-refractivity contribution in [2.45, 2.75) is 6.92 Å². The summed E-state index contributed by atoms with van der Waals surface area (Å²) in [6.45, 7) is 1.73. The first-order valence-corrected chi connectivity index (χ1v) is 7.43. The van der Waals surface area contributed by atoms with Gasteiger partial charge in [0.15, 0.2) is 0 Å². The van der Waals surface area contributed by atoms with Crippen molar-refractivity contribution < 1.29 is 14.3 Å². The summed E-state index contributed by atoms with van der Waals surface area (Å²) in [5, 5.41) is 7.29. The van der Waals surface area contributed by atoms with Gasteiger partial charge >= 0.3 is 6.09 Å². The maximum absolute atomic E-state index is 12.2. The number of carbonyl (C=O) groups excluding carboxylic acids is 2. The lowest BCUT2D eigenvalue weighted by Crippen LogP contribution is -2.18. The van der Waals surface area contributed by atoms with Gasteiger partial charge in [-0.1, -0.05) is 23.7 Å². The molecule has 2 rings (SSSR count). The Balaban J connectivity index is 2.11. The van der Waals surface area contributed by atoms with Crippen LogP contribution in [0.3, 0.4) is 0 Å². The van der Waals surface area contributed by atoms with Crippen molar-refractivity contribution in [1.29, 1.82) is 0 Å². The molecule has 2 N–H and O–H groups in total. The molecule has 0 saturated heterocycles. The molecule has 0 spiro atoms. The molecule has 2 aromatic rings. The lowest BCUT2D eigenvalue weighted by Gasteiger charge is -2.08. The number of hydrogen-bond acceptors (Lipinski definition) is 4. The van der Waals surface area contributed by atoms with Gasteiger partial charge in [-0.3, -0.25) is 4.79 Å². The number of rotatable bonds is 4. The Labute approximate surface area is 144 Å². The highest BCUT2D eigenvalue weighted by molar-refractivity contribution is 6.30. The summed E-state index contributed by atoms with van der Waals surface area (Å²) >= 11 is 5.81. The molecule has 24 heavy (non-hydrogen) atoms. The van der Waals surface area contributed by atoms with Crippen molar-refractivity contribution in [1.82, 2.24) is 5.43 Å². The summed E-state index contributed by atoms with van der Waals surface area (Å²) in [5.74, 6) is -0.244. The summed E-state index contributed by atoms with van der Waals surface area (Å²) in [6, 6.07) is 13.7. The predicted molar refractivity (Wildman–Crippen MR) is 93.6 cm³/mol. The zero-order chi connectivity index (χ0) is 17.5. The number of nitrogens with zero attached hydrogens (tertiary/aromatic N) is 1. The van der Waals surface area contributed by atoms with Crippen molar-refractivity contribution in [3.63, 3.8) is 0 Å². The summed E-state index contributed by atoms with van der Waals surface area (Å²) in [4.78, 5) is 23.2. The third kappa shape index (κ3) is 4.82. The van der Waals surface area contributed by atoms with Gasteiger partial charge in [-0.05, 0) is 48.9 Å². The fourth-order valence-corrected chi connectivity index (χ4v) is 1.99. The van der Waals surface area contributed by atoms with Crippen molar-refractivity contribution >= 4 is 35.0 Å². The van der Waals surface area contributed by atoms with E-state index in [0.717, 1.165) is 5.56 Å². The molecule has 0 unspecified atom stereocenters. The van der Waals surface area contributed by atoms with E-state index < -0.39 is 6.09 Å². The van der Waals surface area contributed by atoms with Crippen LogP contribution >= 0.6 is 11.6 Å². The molecule has 0 heterocycles. The summed E-state index contributed by atoms with van der Waals surface area (Å²) in [5.41, 5.74) is 4.68. The third-order valence-electron chi connectivity index (χ3n) is 3.14. The minimum absolute atomic E-state index is 0.244. The van der Waals surface area contributed by atoms with Crippen LogP contribution in [0.15, 0.2) is 53.6 Å². The van der Waals surface area contributed by atoms with Gasteiger partial charge in [0.05, 0.1) is 12.8 Å². The van der Waals surface area contributed by atoms with Gasteiger partial charge in [-0.25, -0.2) is 10.2 Å². The Hall–Kier alpha value is -2.86. The molecular weight excluding hydrogens is 330 g/mol. The molecule has 2 aromatic carbocycles. The summed E-state index contributed by atoms with van der Waals surface area (Å²) < 4.78 is 4.45. The van der Waals surface area contributed by atoms with E-state index in [2.05, 4.69) is 20.6 Å². The number of methoxy groups -OCH3 is 1. The number of hydrogen-bond donors (Lipinski definition) is 2. The van der Waals surface area contributed by atoms with Crippen LogP contribution in [0.4, 0.5) is 10.5 Å². The molecule has 7 heteroatoms. The average Bonchev–Trinajstić information content (AvgIpc) is 2.60. The van der Waals surface area contributed by atoms with Gasteiger partial charge in [0.1, 0.15) is 0 Å². The van der Waals surface area contributed by atoms with Crippen LogP contribution in [0, 0.1) is 0 Å². The third-order valence-corrected chi connectivity index (χ3v) is 3.40. The van der Waals surface area contributed by atoms with Crippen LogP contribution in [0.1, 0.15) is 22.8 Å². The Morgan fingerprint density at radius 2 is 1.79 bits per heavy atom. The average molecular weight is 346 g/mol. The molecule has 0 aliphatic carbocycles. The van der Waals surface area contributed by atoms with Crippen LogP contribution in [0.25, 0.3) is 0 Å². The zero-order valence-electron chi connectivity index (χ0n) is 13.2. The predicted octanol–water partition coefficient (Wildman–Crippen LogP) is 3.67. The first-order chi connectivity index (χ1) is 11.5. The second kappa shape index (κ2) is 8.12. The van der Waals surface area contributed by atoms with Gasteiger partial charge in [0.2, 0.25) is 0 Å². The van der Waals surface area contributed by atoms with Crippen LogP contribution in [-0.2, 0) is 4.74 Å². The molecule has 2 amide bonds. The molecule has 6 nitrogen and oxygen atoms in total. The molecule has 0 radical (unpaired) electrons. The fourth-order valence-electron chi connectivity index (χ4n) is 1.87. The van der Waals surface area contributed by atoms with E-state index in [4.69, 9.17) is 11.6 Å². The molecule has 0 bridgehead atoms. The molecular formula is C17H16ClN3O3. The zero-order valence-corrected chi connectivity index (χ0v) is 13.9. The van der Waals surface area contributed by atoms with E-state index in [1.54, 1.807) is 49.4 Å². The van der Waals surface area contributed by atoms with Gasteiger partial charge in [-0.2, -0.15) is 5.10 Å². The van der Waals surface area contributed by atoms with Crippen molar-refractivity contribution in [2.75, 3.05) is 12.4 Å². The second-order valence-corrected chi connectivity index (χ2v) is 5.28. The Morgan fingerprint density at radius 1 is 1.08 bits per heavy atom. The van der Waals surface area contributed by atoms with Gasteiger partial charge < -0.3 is 10.1 Å². The summed E-state index contributed by atoms with van der Waals surface area (Å²) in [6.07, 6.45) is -0.651. The number of halogens is 1. The lowest BCUT2D eigenvalue weighted by atomic mass is 10.1. The number of anilines is 1. The topological polar surface area (TPSA) is 79.8 Å². The van der Waals surface area contributed by atoms with E-state index in [9.17, 15) is 9.59 Å². The second-order valence-electron chi connectivity index (χ2n) is 4.84. The largest absolute Gasteiger partial charge is 0.452 e. The maximum atomic E-state index is 12.2. The van der Waals surface area contributed by atoms with Crippen LogP contribution in [0.2, 0.25) is 5.02 Å². The Kier molecular flexibility index (Phi) is 5.92. The number of amides is 2. The van der Waals surface area contributed by atoms with E-state index in [-0.39, 0.29) is 5.91 Å². The van der Waals surface area contributed by atoms with Crippen molar-refractivity contribution in [2.24, 2.45) is 5.10 Å². The first kappa shape index (κ1) is 17.5. The highest BCUT2D eigenvalue weighted by Gasteiger charge is 2.07. The standard InChI is InChI=1S/C17H16ClN3O3/c1-11(20-21-17(23)24-2)13-4-3-5-15(10-13)19-16(22)12-6-8-14(18)9-7-12/h3-10H,1-2H3,(H,19,22)(H,21,23). The van der Waals surface area contributed by atoms with E-state index in [1.807, 2.05) is 6.07 Å². The number of benzene rings is 2. The molecule has 0 aliphatic heterocycles. The van der Waals surface area contributed by atoms with Gasteiger partial charge in [-0.15, -0.1) is 0 Å². The minimum atomic E-state index is -0.651. The van der Waals surface area contributed by atoms with Gasteiger partial charge in [0.25, 0.3) is 5.91 Å². The Morgan fingerprint density at radius 3 is 2.46 bits per heavy atom. The number of nitrogens with one attached hydrogen (secondary N) is 2. The molecule has 0 fully saturated rings. The highest BCUT2D eigenvalue weighted by Crippen LogP contribution is 2.15. The molecule has 0 saturated carbocycles. The lowest BCUT2D eigenvalue weighted by molar-refractivity contribution is 0.102. The van der Waals surface area contributed by atoms with Crippen molar-refractivity contribution in [3.05, 3.63) is 64.7 Å². The van der Waals surface area contributed by atoms with Crippen LogP contribution < -0.4 is 10.7 Å². The highest BCUT2D eigenvalue weighted by atomic mass is 35.5. The molecule has 0 atom stereocenters. The van der Waals surface area contributed by atoms with Gasteiger partial charge in [0, 0.05) is 16.3 Å². The van der Waals surface area contributed by atoms with E-state index in [0.29, 0.717) is 22.0 Å². The number of hydrazone groups is 1. The molecule has 0 aliphatic rings. The van der Waals surface area contributed by atoms with Crippen LogP contribution in [0.5, 0.6) is 0 Å². The fraction of sp³-hybridized carbons (Fsp3) is 0.118. The normalized spacial score (nSPS) is 10.9. The molecule has 124 valence electrons. The van der Waals surface area contributed by atoms with Crippen molar-refractivity contribution in [3.8, 4) is 0 Å². The van der Waals surface area contributed by atoms with Crippen LogP contribution in [-0.4, -0.2) is 24.8 Å². The number of carbonyl (C=O) groups is 2. The van der Waals surface area contributed by atoms with E-state index in [1.165, 1.54) is 7.11 Å². The SMILES string of the molecule is COC(=O)NN=C(C)c1cccc(NC(=O)c2ccc(Cl)cc2)c1. The maximum Gasteiger partial charge on any atom is 0.427 e. The Bertz CT molecular complexity index is 773. The minimum Gasteiger partial charge on any atom is -0.452 e. The quantitative estimate of drug-likeness (QED) is 0.655. The summed E-state index contributed by atoms with van der Waals surface area (Å²) in [7, 11) is 1.26.